The van der Waals surface area contributed by atoms with Gasteiger partial charge in [-0.05, 0) is 70.3 Å². The lowest BCUT2D eigenvalue weighted by atomic mass is 9.94. The molecule has 0 spiro atoms. The summed E-state index contributed by atoms with van der Waals surface area (Å²) < 4.78 is 63.9. The van der Waals surface area contributed by atoms with E-state index in [1.54, 1.807) is 30.3 Å². The Morgan fingerprint density at radius 2 is 1.59 bits per heavy atom. The van der Waals surface area contributed by atoms with Gasteiger partial charge in [0.15, 0.2) is 9.84 Å². The summed E-state index contributed by atoms with van der Waals surface area (Å²) in [6, 6.07) is 8.53. The Kier molecular flexibility index (Phi) is 7.36. The van der Waals surface area contributed by atoms with Crippen molar-refractivity contribution in [3.05, 3.63) is 30.3 Å². The fourth-order valence-corrected chi connectivity index (χ4v) is 6.26. The normalized spacial score (nSPS) is 18.0. The number of hydrogen-bond acceptors (Lipinski definition) is 3. The summed E-state index contributed by atoms with van der Waals surface area (Å²) in [6.07, 6.45) is -1.58. The fourth-order valence-electron chi connectivity index (χ4n) is 4.08. The summed E-state index contributed by atoms with van der Waals surface area (Å²) in [7, 11) is -3.46. The fraction of sp³-hybridized carbons (Fsp3) is 0.700. The lowest BCUT2D eigenvalue weighted by molar-refractivity contribution is -0.185. The van der Waals surface area contributed by atoms with Crippen LogP contribution in [0.25, 0.3) is 0 Å². The van der Waals surface area contributed by atoms with Crippen LogP contribution in [0.4, 0.5) is 13.2 Å². The lowest BCUT2D eigenvalue weighted by Crippen LogP contribution is -2.41. The Bertz CT molecular complexity index is 677. The molecule has 1 heterocycles. The second kappa shape index (κ2) is 8.95. The van der Waals surface area contributed by atoms with Gasteiger partial charge in [-0.15, -0.1) is 0 Å². The molecule has 0 amide bonds. The molecule has 1 aliphatic rings. The molecule has 154 valence electrons. The predicted molar refractivity (Wildman–Crippen MR) is 101 cm³/mol. The first-order valence-electron chi connectivity index (χ1n) is 9.75. The molecule has 0 bridgehead atoms. The van der Waals surface area contributed by atoms with Gasteiger partial charge in [-0.3, -0.25) is 0 Å². The van der Waals surface area contributed by atoms with E-state index in [0.717, 1.165) is 0 Å². The molecular weight excluding hydrogens is 375 g/mol. The summed E-state index contributed by atoms with van der Waals surface area (Å²) in [5.41, 5.74) is 0. The van der Waals surface area contributed by atoms with Crippen LogP contribution < -0.4 is 0 Å². The van der Waals surface area contributed by atoms with Crippen molar-refractivity contribution in [1.29, 1.82) is 0 Å². The summed E-state index contributed by atoms with van der Waals surface area (Å²) in [5.74, 6) is -1.20. The number of likely N-dealkylation sites (tertiary alicyclic amines) is 1. The molecule has 0 atom stereocenters. The van der Waals surface area contributed by atoms with E-state index in [1.165, 1.54) is 0 Å². The van der Waals surface area contributed by atoms with Crippen molar-refractivity contribution >= 4 is 9.84 Å². The molecular formula is C20H30F3NO2S. The van der Waals surface area contributed by atoms with Crippen LogP contribution in [0.1, 0.15) is 52.4 Å². The minimum atomic E-state index is -4.10. The van der Waals surface area contributed by atoms with Crippen molar-refractivity contribution in [2.45, 2.75) is 68.2 Å². The molecule has 0 aliphatic carbocycles. The number of sulfone groups is 1. The van der Waals surface area contributed by atoms with Crippen LogP contribution in [0, 0.1) is 5.92 Å². The van der Waals surface area contributed by atoms with Crippen molar-refractivity contribution in [2.75, 3.05) is 19.6 Å². The monoisotopic (exact) mass is 405 g/mol. The van der Waals surface area contributed by atoms with E-state index in [1.807, 2.05) is 18.7 Å². The molecule has 27 heavy (non-hydrogen) atoms. The molecule has 0 N–H and O–H groups in total. The highest BCUT2D eigenvalue weighted by molar-refractivity contribution is 7.92. The quantitative estimate of drug-likeness (QED) is 0.606. The maximum absolute atomic E-state index is 13.2. The van der Waals surface area contributed by atoms with Gasteiger partial charge in [0, 0.05) is 0 Å². The molecule has 1 aliphatic heterocycles. The number of piperidine rings is 1. The first-order chi connectivity index (χ1) is 12.7. The van der Waals surface area contributed by atoms with Gasteiger partial charge < -0.3 is 4.90 Å². The molecule has 2 rings (SSSR count). The van der Waals surface area contributed by atoms with E-state index in [4.69, 9.17) is 0 Å². The third kappa shape index (κ3) is 5.05. The Balaban J connectivity index is 1.97. The van der Waals surface area contributed by atoms with Crippen molar-refractivity contribution in [2.24, 2.45) is 5.92 Å². The minimum Gasteiger partial charge on any atom is -0.303 e. The molecule has 1 aromatic carbocycles. The number of rotatable bonds is 8. The highest BCUT2D eigenvalue weighted by Gasteiger charge is 2.42. The first kappa shape index (κ1) is 22.2. The molecule has 1 aromatic rings. The zero-order valence-corrected chi connectivity index (χ0v) is 17.0. The predicted octanol–water partition coefficient (Wildman–Crippen LogP) is 5.07. The topological polar surface area (TPSA) is 37.4 Å². The van der Waals surface area contributed by atoms with Crippen LogP contribution in [0.5, 0.6) is 0 Å². The van der Waals surface area contributed by atoms with Crippen LogP contribution in [0.15, 0.2) is 35.2 Å². The van der Waals surface area contributed by atoms with E-state index < -0.39 is 26.7 Å². The Morgan fingerprint density at radius 3 is 2.07 bits per heavy atom. The van der Waals surface area contributed by atoms with Gasteiger partial charge in [-0.25, -0.2) is 8.42 Å². The molecule has 7 heteroatoms. The zero-order chi connectivity index (χ0) is 20.1. The highest BCUT2D eigenvalue weighted by Crippen LogP contribution is 2.37. The van der Waals surface area contributed by atoms with Gasteiger partial charge in [0.25, 0.3) is 0 Å². The van der Waals surface area contributed by atoms with E-state index in [0.29, 0.717) is 50.2 Å². The number of hydrogen-bond donors (Lipinski definition) is 0. The van der Waals surface area contributed by atoms with Gasteiger partial charge in [0.1, 0.15) is 0 Å². The Labute approximate surface area is 160 Å². The van der Waals surface area contributed by atoms with E-state index >= 15 is 0 Å². The summed E-state index contributed by atoms with van der Waals surface area (Å²) in [5, 5.41) is 0. The smallest absolute Gasteiger partial charge is 0.303 e. The Morgan fingerprint density at radius 1 is 1.04 bits per heavy atom. The minimum absolute atomic E-state index is 0.137. The van der Waals surface area contributed by atoms with Crippen LogP contribution in [0.3, 0.4) is 0 Å². The van der Waals surface area contributed by atoms with Crippen LogP contribution in [-0.4, -0.2) is 43.9 Å². The standard InChI is InChI=1S/C20H30F3NO2S/c1-3-19(4-2,27(25,26)18-9-6-5-7-10-18)13-8-14-24-15-11-17(12-16-24)20(21,22)23/h5-7,9-10,17H,3-4,8,11-16H2,1-2H3. The average Bonchev–Trinajstić information content (AvgIpc) is 2.65. The van der Waals surface area contributed by atoms with Gasteiger partial charge in [0.2, 0.25) is 0 Å². The zero-order valence-electron chi connectivity index (χ0n) is 16.1. The van der Waals surface area contributed by atoms with E-state index in [9.17, 15) is 21.6 Å². The van der Waals surface area contributed by atoms with Crippen LogP contribution >= 0.6 is 0 Å². The van der Waals surface area contributed by atoms with Crippen LogP contribution in [0.2, 0.25) is 0 Å². The van der Waals surface area contributed by atoms with Gasteiger partial charge in [-0.2, -0.15) is 13.2 Å². The number of nitrogens with zero attached hydrogens (tertiary/aromatic N) is 1. The van der Waals surface area contributed by atoms with Gasteiger partial charge in [0.05, 0.1) is 15.6 Å². The number of halogens is 3. The molecule has 1 fully saturated rings. The SMILES string of the molecule is CCC(CC)(CCCN1CCC(C(F)(F)F)CC1)S(=O)(=O)c1ccccc1. The molecule has 0 aromatic heterocycles. The van der Waals surface area contributed by atoms with Crippen molar-refractivity contribution in [3.63, 3.8) is 0 Å². The van der Waals surface area contributed by atoms with Gasteiger partial charge >= 0.3 is 6.18 Å². The van der Waals surface area contributed by atoms with E-state index in [-0.39, 0.29) is 12.8 Å². The van der Waals surface area contributed by atoms with Crippen LogP contribution in [-0.2, 0) is 9.84 Å². The average molecular weight is 406 g/mol. The summed E-state index contributed by atoms with van der Waals surface area (Å²) in [4.78, 5) is 2.38. The molecule has 0 saturated carbocycles. The maximum Gasteiger partial charge on any atom is 0.391 e. The highest BCUT2D eigenvalue weighted by atomic mass is 32.2. The largest absolute Gasteiger partial charge is 0.391 e. The molecule has 0 unspecified atom stereocenters. The number of benzene rings is 1. The summed E-state index contributed by atoms with van der Waals surface area (Å²) >= 11 is 0. The second-order valence-electron chi connectivity index (χ2n) is 7.47. The second-order valence-corrected chi connectivity index (χ2v) is 9.81. The van der Waals surface area contributed by atoms with E-state index in [2.05, 4.69) is 0 Å². The summed E-state index contributed by atoms with van der Waals surface area (Å²) in [6.45, 7) is 5.32. The maximum atomic E-state index is 13.2. The third-order valence-electron chi connectivity index (χ3n) is 6.07. The van der Waals surface area contributed by atoms with Crippen molar-refractivity contribution < 1.29 is 21.6 Å². The van der Waals surface area contributed by atoms with Gasteiger partial charge in [-0.1, -0.05) is 32.0 Å². The number of alkyl halides is 3. The van der Waals surface area contributed by atoms with Crippen molar-refractivity contribution in [3.8, 4) is 0 Å². The molecule has 3 nitrogen and oxygen atoms in total. The molecule has 1 saturated heterocycles. The lowest BCUT2D eigenvalue weighted by Gasteiger charge is -2.35. The Hall–Kier alpha value is -1.08. The third-order valence-corrected chi connectivity index (χ3v) is 8.88. The first-order valence-corrected chi connectivity index (χ1v) is 11.2. The van der Waals surface area contributed by atoms with Crippen molar-refractivity contribution in [1.82, 2.24) is 4.90 Å². The molecule has 0 radical (unpaired) electrons.